The molecule has 0 saturated heterocycles. The van der Waals surface area contributed by atoms with Crippen LogP contribution in [0.3, 0.4) is 0 Å². The second-order valence-electron chi connectivity index (χ2n) is 6.46. The average Bonchev–Trinajstić information content (AvgIpc) is 2.76. The maximum atomic E-state index is 12.4. The molecule has 1 N–H and O–H groups in total. The van der Waals surface area contributed by atoms with Gasteiger partial charge in [-0.05, 0) is 48.4 Å². The quantitative estimate of drug-likeness (QED) is 0.241. The average molecular weight is 437 g/mol. The molecule has 31 heavy (non-hydrogen) atoms. The molecule has 0 saturated carbocycles. The van der Waals surface area contributed by atoms with E-state index in [-0.39, 0.29) is 23.6 Å². The van der Waals surface area contributed by atoms with Gasteiger partial charge in [0.15, 0.2) is 11.5 Å². The lowest BCUT2D eigenvalue weighted by atomic mass is 10.1. The molecule has 7 heteroatoms. The maximum Gasteiger partial charge on any atom is 0.345 e. The lowest BCUT2D eigenvalue weighted by Crippen LogP contribution is -2.19. The Hall–Kier alpha value is -3.64. The summed E-state index contributed by atoms with van der Waals surface area (Å²) in [7, 11) is 0. The van der Waals surface area contributed by atoms with Crippen LogP contribution in [0.5, 0.6) is 11.5 Å². The van der Waals surface area contributed by atoms with Crippen LogP contribution in [0.15, 0.2) is 77.9 Å². The molecule has 3 aromatic rings. The predicted octanol–water partition coefficient (Wildman–Crippen LogP) is 4.65. The van der Waals surface area contributed by atoms with E-state index in [9.17, 15) is 9.59 Å². The van der Waals surface area contributed by atoms with Crippen molar-refractivity contribution in [3.05, 3.63) is 94.5 Å². The Morgan fingerprint density at radius 1 is 1.00 bits per heavy atom. The number of amides is 1. The van der Waals surface area contributed by atoms with Crippen molar-refractivity contribution in [1.29, 1.82) is 0 Å². The molecule has 0 aromatic heterocycles. The first-order valence-electron chi connectivity index (χ1n) is 9.66. The van der Waals surface area contributed by atoms with Gasteiger partial charge in [0, 0.05) is 0 Å². The number of carbonyl (C=O) groups excluding carboxylic acids is 2. The highest BCUT2D eigenvalue weighted by Crippen LogP contribution is 2.29. The number of nitrogens with zero attached hydrogens (tertiary/aromatic N) is 1. The number of rotatable bonds is 8. The highest BCUT2D eigenvalue weighted by molar-refractivity contribution is 6.33. The summed E-state index contributed by atoms with van der Waals surface area (Å²) in [5.74, 6) is -0.168. The zero-order chi connectivity index (χ0) is 22.1. The number of halogens is 1. The molecule has 6 nitrogen and oxygen atoms in total. The molecular weight excluding hydrogens is 416 g/mol. The van der Waals surface area contributed by atoms with Gasteiger partial charge >= 0.3 is 5.97 Å². The molecule has 0 aliphatic rings. The first-order chi connectivity index (χ1) is 15.1. The van der Waals surface area contributed by atoms with E-state index in [2.05, 4.69) is 10.5 Å². The van der Waals surface area contributed by atoms with E-state index in [1.165, 1.54) is 6.21 Å². The van der Waals surface area contributed by atoms with E-state index in [1.807, 2.05) is 37.3 Å². The number of ether oxygens (including phenoxy) is 2. The molecule has 1 amide bonds. The van der Waals surface area contributed by atoms with Crippen LogP contribution in [0.4, 0.5) is 0 Å². The molecule has 0 unspecified atom stereocenters. The van der Waals surface area contributed by atoms with Gasteiger partial charge in [0.25, 0.3) is 0 Å². The van der Waals surface area contributed by atoms with E-state index in [0.29, 0.717) is 22.9 Å². The third kappa shape index (κ3) is 6.42. The molecule has 3 rings (SSSR count). The normalized spacial score (nSPS) is 10.6. The summed E-state index contributed by atoms with van der Waals surface area (Å²) in [6, 6.07) is 21.0. The molecule has 0 atom stereocenters. The van der Waals surface area contributed by atoms with Gasteiger partial charge < -0.3 is 9.47 Å². The van der Waals surface area contributed by atoms with Crippen LogP contribution < -0.4 is 14.9 Å². The van der Waals surface area contributed by atoms with Crippen molar-refractivity contribution in [2.24, 2.45) is 5.10 Å². The minimum atomic E-state index is -0.582. The molecule has 158 valence electrons. The SMILES string of the molecule is CCOc1cc(/C=N/NC(=O)Cc2ccccc2)ccc1OC(=O)c1ccccc1Cl. The summed E-state index contributed by atoms with van der Waals surface area (Å²) in [5, 5.41) is 4.29. The second-order valence-corrected chi connectivity index (χ2v) is 6.87. The lowest BCUT2D eigenvalue weighted by molar-refractivity contribution is -0.120. The van der Waals surface area contributed by atoms with Crippen LogP contribution in [-0.4, -0.2) is 24.7 Å². The lowest BCUT2D eigenvalue weighted by Gasteiger charge is -2.12. The summed E-state index contributed by atoms with van der Waals surface area (Å²) in [6.45, 7) is 2.20. The summed E-state index contributed by atoms with van der Waals surface area (Å²) < 4.78 is 11.1. The maximum absolute atomic E-state index is 12.4. The standard InChI is InChI=1S/C24H21ClN2O4/c1-2-30-22-14-18(16-26-27-23(28)15-17-8-4-3-5-9-17)12-13-21(22)31-24(29)19-10-6-7-11-20(19)25/h3-14,16H,2,15H2,1H3,(H,27,28)/b26-16+. The third-order valence-corrected chi connectivity index (χ3v) is 4.50. The molecule has 3 aromatic carbocycles. The van der Waals surface area contributed by atoms with E-state index in [1.54, 1.807) is 42.5 Å². The molecule has 0 aliphatic heterocycles. The summed E-state index contributed by atoms with van der Waals surface area (Å²) in [4.78, 5) is 24.4. The second kappa shape index (κ2) is 10.9. The Labute approximate surface area is 185 Å². The Balaban J connectivity index is 1.66. The van der Waals surface area contributed by atoms with Crippen molar-refractivity contribution in [3.8, 4) is 11.5 Å². The van der Waals surface area contributed by atoms with Crippen LogP contribution >= 0.6 is 11.6 Å². The molecule has 0 bridgehead atoms. The zero-order valence-corrected chi connectivity index (χ0v) is 17.6. The van der Waals surface area contributed by atoms with Crippen molar-refractivity contribution >= 4 is 29.7 Å². The fraction of sp³-hybridized carbons (Fsp3) is 0.125. The van der Waals surface area contributed by atoms with Crippen LogP contribution in [0, 0.1) is 0 Å². The molecular formula is C24H21ClN2O4. The Kier molecular flexibility index (Phi) is 7.79. The molecule has 0 aliphatic carbocycles. The van der Waals surface area contributed by atoms with Crippen LogP contribution in [0.2, 0.25) is 5.02 Å². The van der Waals surface area contributed by atoms with Crippen molar-refractivity contribution in [2.45, 2.75) is 13.3 Å². The Morgan fingerprint density at radius 2 is 1.74 bits per heavy atom. The van der Waals surface area contributed by atoms with Crippen molar-refractivity contribution in [1.82, 2.24) is 5.43 Å². The van der Waals surface area contributed by atoms with Crippen LogP contribution in [-0.2, 0) is 11.2 Å². The van der Waals surface area contributed by atoms with Crippen LogP contribution in [0.25, 0.3) is 0 Å². The van der Waals surface area contributed by atoms with Gasteiger partial charge in [0.05, 0.1) is 29.8 Å². The van der Waals surface area contributed by atoms with Gasteiger partial charge in [-0.1, -0.05) is 54.1 Å². The smallest absolute Gasteiger partial charge is 0.345 e. The van der Waals surface area contributed by atoms with Crippen molar-refractivity contribution in [2.75, 3.05) is 6.61 Å². The number of esters is 1. The van der Waals surface area contributed by atoms with Gasteiger partial charge in [0.1, 0.15) is 0 Å². The number of nitrogens with one attached hydrogen (secondary N) is 1. The Morgan fingerprint density at radius 3 is 2.48 bits per heavy atom. The van der Waals surface area contributed by atoms with Gasteiger partial charge in [-0.3, -0.25) is 4.79 Å². The van der Waals surface area contributed by atoms with E-state index in [0.717, 1.165) is 5.56 Å². The Bertz CT molecular complexity index is 1080. The summed E-state index contributed by atoms with van der Waals surface area (Å²) in [5.41, 5.74) is 4.33. The van der Waals surface area contributed by atoms with Gasteiger partial charge in [-0.2, -0.15) is 5.10 Å². The highest BCUT2D eigenvalue weighted by atomic mass is 35.5. The zero-order valence-electron chi connectivity index (χ0n) is 16.9. The summed E-state index contributed by atoms with van der Waals surface area (Å²) >= 11 is 6.06. The topological polar surface area (TPSA) is 77.0 Å². The van der Waals surface area contributed by atoms with Gasteiger partial charge in [-0.25, -0.2) is 10.2 Å². The first kappa shape index (κ1) is 22.1. The fourth-order valence-corrected chi connectivity index (χ4v) is 2.95. The number of carbonyl (C=O) groups is 2. The van der Waals surface area contributed by atoms with E-state index in [4.69, 9.17) is 21.1 Å². The van der Waals surface area contributed by atoms with E-state index < -0.39 is 5.97 Å². The molecule has 0 spiro atoms. The summed E-state index contributed by atoms with van der Waals surface area (Å²) in [6.07, 6.45) is 1.73. The van der Waals surface area contributed by atoms with Gasteiger partial charge in [-0.15, -0.1) is 0 Å². The number of benzene rings is 3. The fourth-order valence-electron chi connectivity index (χ4n) is 2.74. The first-order valence-corrected chi connectivity index (χ1v) is 10.0. The largest absolute Gasteiger partial charge is 0.490 e. The molecule has 0 heterocycles. The monoisotopic (exact) mass is 436 g/mol. The highest BCUT2D eigenvalue weighted by Gasteiger charge is 2.15. The van der Waals surface area contributed by atoms with Crippen molar-refractivity contribution < 1.29 is 19.1 Å². The number of hydrogen-bond donors (Lipinski definition) is 1. The van der Waals surface area contributed by atoms with Crippen molar-refractivity contribution in [3.63, 3.8) is 0 Å². The minimum absolute atomic E-state index is 0.224. The molecule has 0 radical (unpaired) electrons. The van der Waals surface area contributed by atoms with Gasteiger partial charge in [0.2, 0.25) is 5.91 Å². The van der Waals surface area contributed by atoms with Crippen LogP contribution in [0.1, 0.15) is 28.4 Å². The number of hydrazone groups is 1. The van der Waals surface area contributed by atoms with E-state index >= 15 is 0 Å². The third-order valence-electron chi connectivity index (χ3n) is 4.17. The molecule has 0 fully saturated rings. The predicted molar refractivity (Wildman–Crippen MR) is 120 cm³/mol. The minimum Gasteiger partial charge on any atom is -0.490 e. The number of hydrogen-bond acceptors (Lipinski definition) is 5.